The van der Waals surface area contributed by atoms with E-state index in [2.05, 4.69) is 21.8 Å². The van der Waals surface area contributed by atoms with E-state index in [9.17, 15) is 0 Å². The molecule has 0 unspecified atom stereocenters. The summed E-state index contributed by atoms with van der Waals surface area (Å²) >= 11 is 0. The number of nitrogens with two attached hydrogens (primary N) is 1. The van der Waals surface area contributed by atoms with Crippen LogP contribution < -0.4 is 5.73 Å². The molecule has 88 valence electrons. The van der Waals surface area contributed by atoms with Crippen molar-refractivity contribution in [3.05, 3.63) is 41.5 Å². The van der Waals surface area contributed by atoms with Crippen LogP contribution in [0.5, 0.6) is 0 Å². The monoisotopic (exact) mass is 230 g/mol. The van der Waals surface area contributed by atoms with E-state index in [1.54, 1.807) is 0 Å². The van der Waals surface area contributed by atoms with Crippen LogP contribution in [0.1, 0.15) is 24.2 Å². The normalized spacial score (nSPS) is 14.8. The minimum atomic E-state index is 0.315. The van der Waals surface area contributed by atoms with Gasteiger partial charge in [-0.25, -0.2) is 9.98 Å². The first-order valence-corrected chi connectivity index (χ1v) is 5.37. The zero-order valence-corrected chi connectivity index (χ0v) is 9.47. The Bertz CT molecular complexity index is 479. The third-order valence-electron chi connectivity index (χ3n) is 2.40. The molecule has 0 spiro atoms. The van der Waals surface area contributed by atoms with Gasteiger partial charge in [0, 0.05) is 6.72 Å². The highest BCUT2D eigenvalue weighted by Crippen LogP contribution is 2.13. The van der Waals surface area contributed by atoms with Crippen LogP contribution in [-0.4, -0.2) is 17.4 Å². The second-order valence-corrected chi connectivity index (χ2v) is 3.64. The molecular weight excluding hydrogens is 216 g/mol. The van der Waals surface area contributed by atoms with E-state index in [0.29, 0.717) is 12.4 Å². The summed E-state index contributed by atoms with van der Waals surface area (Å²) in [6.45, 7) is 3.57. The lowest BCUT2D eigenvalue weighted by atomic mass is 10.1. The molecule has 0 aliphatic carbocycles. The summed E-state index contributed by atoms with van der Waals surface area (Å²) in [6.07, 6.45) is 3.68. The molecule has 1 aliphatic rings. The van der Waals surface area contributed by atoms with Gasteiger partial charge in [-0.05, 0) is 31.1 Å². The fourth-order valence-electron chi connectivity index (χ4n) is 1.63. The van der Waals surface area contributed by atoms with Crippen molar-refractivity contribution < 1.29 is 4.84 Å². The van der Waals surface area contributed by atoms with E-state index in [0.717, 1.165) is 29.9 Å². The van der Waals surface area contributed by atoms with Crippen LogP contribution in [0.2, 0.25) is 0 Å². The first-order valence-electron chi connectivity index (χ1n) is 5.37. The van der Waals surface area contributed by atoms with Gasteiger partial charge in [-0.1, -0.05) is 6.07 Å². The molecule has 2 N–H and O–H groups in total. The first kappa shape index (κ1) is 11.3. The standard InChI is InChI=1S/C12H14N4O/c1-14-17-8-9-4-2-5-10(15-9)11-6-3-7-12(13)16-11/h2,4-5,7H,1,3,6,8,13H2. The van der Waals surface area contributed by atoms with Crippen molar-refractivity contribution >= 4 is 12.4 Å². The molecule has 0 aromatic carbocycles. The van der Waals surface area contributed by atoms with Crippen molar-refractivity contribution in [1.29, 1.82) is 0 Å². The molecule has 1 aromatic heterocycles. The molecular formula is C12H14N4O. The molecule has 17 heavy (non-hydrogen) atoms. The topological polar surface area (TPSA) is 72.9 Å². The van der Waals surface area contributed by atoms with Crippen LogP contribution in [0.25, 0.3) is 0 Å². The van der Waals surface area contributed by atoms with Crippen LogP contribution in [0.3, 0.4) is 0 Å². The molecule has 0 saturated heterocycles. The van der Waals surface area contributed by atoms with Gasteiger partial charge in [0.15, 0.2) is 6.61 Å². The average molecular weight is 230 g/mol. The fraction of sp³-hybridized carbons (Fsp3) is 0.250. The summed E-state index contributed by atoms with van der Waals surface area (Å²) < 4.78 is 0. The maximum Gasteiger partial charge on any atom is 0.159 e. The molecule has 0 saturated carbocycles. The SMILES string of the molecule is C=NOCc1cccc(C2=NC(N)=CCC2)n1. The average Bonchev–Trinajstić information content (AvgIpc) is 2.37. The van der Waals surface area contributed by atoms with Gasteiger partial charge in [0.2, 0.25) is 0 Å². The van der Waals surface area contributed by atoms with Crippen LogP contribution in [0.15, 0.2) is 40.2 Å². The number of hydrogen-bond acceptors (Lipinski definition) is 5. The Balaban J connectivity index is 2.21. The van der Waals surface area contributed by atoms with Gasteiger partial charge in [-0.2, -0.15) is 0 Å². The van der Waals surface area contributed by atoms with Crippen molar-refractivity contribution in [3.63, 3.8) is 0 Å². The summed E-state index contributed by atoms with van der Waals surface area (Å²) in [5, 5.41) is 3.34. The van der Waals surface area contributed by atoms with E-state index in [1.807, 2.05) is 24.3 Å². The van der Waals surface area contributed by atoms with Crippen molar-refractivity contribution in [2.24, 2.45) is 15.9 Å². The highest BCUT2D eigenvalue weighted by molar-refractivity contribution is 6.00. The lowest BCUT2D eigenvalue weighted by molar-refractivity contribution is 0.130. The largest absolute Gasteiger partial charge is 0.390 e. The van der Waals surface area contributed by atoms with Gasteiger partial charge >= 0.3 is 0 Å². The Labute approximate surface area is 99.7 Å². The molecule has 0 radical (unpaired) electrons. The van der Waals surface area contributed by atoms with Crippen molar-refractivity contribution in [2.75, 3.05) is 0 Å². The molecule has 0 amide bonds. The third-order valence-corrected chi connectivity index (χ3v) is 2.40. The van der Waals surface area contributed by atoms with Crippen LogP contribution >= 0.6 is 0 Å². The number of rotatable bonds is 4. The minimum Gasteiger partial charge on any atom is -0.390 e. The number of allylic oxidation sites excluding steroid dienone is 1. The molecule has 2 rings (SSSR count). The summed E-state index contributed by atoms with van der Waals surface area (Å²) in [4.78, 5) is 13.6. The summed E-state index contributed by atoms with van der Waals surface area (Å²) in [6, 6.07) is 5.71. The molecule has 5 heteroatoms. The van der Waals surface area contributed by atoms with Crippen molar-refractivity contribution in [2.45, 2.75) is 19.4 Å². The third kappa shape index (κ3) is 2.90. The lowest BCUT2D eigenvalue weighted by Gasteiger charge is -2.10. The number of hydrogen-bond donors (Lipinski definition) is 1. The van der Waals surface area contributed by atoms with Gasteiger partial charge in [-0.15, -0.1) is 5.16 Å². The molecule has 1 aliphatic heterocycles. The van der Waals surface area contributed by atoms with Crippen LogP contribution in [0, 0.1) is 0 Å². The van der Waals surface area contributed by atoms with Gasteiger partial charge < -0.3 is 10.6 Å². The van der Waals surface area contributed by atoms with E-state index in [4.69, 9.17) is 10.6 Å². The zero-order chi connectivity index (χ0) is 12.1. The minimum absolute atomic E-state index is 0.315. The van der Waals surface area contributed by atoms with E-state index in [-0.39, 0.29) is 0 Å². The number of aliphatic imine (C=N–C) groups is 1. The summed E-state index contributed by atoms with van der Waals surface area (Å²) in [5.41, 5.74) is 8.23. The second-order valence-electron chi connectivity index (χ2n) is 3.64. The predicted octanol–water partition coefficient (Wildman–Crippen LogP) is 1.60. The Kier molecular flexibility index (Phi) is 3.49. The maximum atomic E-state index is 5.68. The summed E-state index contributed by atoms with van der Waals surface area (Å²) in [7, 11) is 0. The van der Waals surface area contributed by atoms with Crippen LogP contribution in [-0.2, 0) is 11.4 Å². The highest BCUT2D eigenvalue weighted by Gasteiger charge is 2.09. The van der Waals surface area contributed by atoms with E-state index >= 15 is 0 Å². The lowest BCUT2D eigenvalue weighted by Crippen LogP contribution is -2.11. The van der Waals surface area contributed by atoms with Crippen molar-refractivity contribution in [3.8, 4) is 0 Å². The second kappa shape index (κ2) is 5.25. The van der Waals surface area contributed by atoms with Gasteiger partial charge in [0.1, 0.15) is 5.82 Å². The molecule has 1 aromatic rings. The quantitative estimate of drug-likeness (QED) is 0.630. The predicted molar refractivity (Wildman–Crippen MR) is 66.6 cm³/mol. The molecule has 0 bridgehead atoms. The van der Waals surface area contributed by atoms with Crippen molar-refractivity contribution in [1.82, 2.24) is 4.98 Å². The Hall–Kier alpha value is -2.17. The molecule has 0 atom stereocenters. The van der Waals surface area contributed by atoms with E-state index in [1.165, 1.54) is 0 Å². The number of pyridine rings is 1. The Morgan fingerprint density at radius 1 is 1.47 bits per heavy atom. The molecule has 0 fully saturated rings. The number of nitrogens with zero attached hydrogens (tertiary/aromatic N) is 3. The highest BCUT2D eigenvalue weighted by atomic mass is 16.6. The Morgan fingerprint density at radius 2 is 2.35 bits per heavy atom. The number of aromatic nitrogens is 1. The molecule has 5 nitrogen and oxygen atoms in total. The van der Waals surface area contributed by atoms with Gasteiger partial charge in [0.05, 0.1) is 17.1 Å². The smallest absolute Gasteiger partial charge is 0.159 e. The maximum absolute atomic E-state index is 5.68. The van der Waals surface area contributed by atoms with E-state index < -0.39 is 0 Å². The Morgan fingerprint density at radius 3 is 3.12 bits per heavy atom. The van der Waals surface area contributed by atoms with Gasteiger partial charge in [0.25, 0.3) is 0 Å². The molecule has 2 heterocycles. The number of oxime groups is 1. The van der Waals surface area contributed by atoms with Gasteiger partial charge in [-0.3, -0.25) is 0 Å². The fourth-order valence-corrected chi connectivity index (χ4v) is 1.63. The zero-order valence-electron chi connectivity index (χ0n) is 9.47. The van der Waals surface area contributed by atoms with Crippen LogP contribution in [0.4, 0.5) is 0 Å². The first-order chi connectivity index (χ1) is 8.29. The summed E-state index contributed by atoms with van der Waals surface area (Å²) in [5.74, 6) is 0.558.